The maximum atomic E-state index is 11.5. The molecule has 1 unspecified atom stereocenters. The highest BCUT2D eigenvalue weighted by atomic mass is 16.1. The van der Waals surface area contributed by atoms with Crippen LogP contribution in [0.3, 0.4) is 0 Å². The largest absolute Gasteiger partial charge is 0.357 e. The van der Waals surface area contributed by atoms with Crippen molar-refractivity contribution < 1.29 is 4.79 Å². The zero-order valence-corrected chi connectivity index (χ0v) is 15.2. The Kier molecular flexibility index (Phi) is 7.57. The van der Waals surface area contributed by atoms with E-state index < -0.39 is 0 Å². The summed E-state index contributed by atoms with van der Waals surface area (Å²) in [6.45, 7) is 11.6. The van der Waals surface area contributed by atoms with Gasteiger partial charge >= 0.3 is 0 Å². The molecule has 7 nitrogen and oxygen atoms in total. The minimum Gasteiger partial charge on any atom is -0.357 e. The number of rotatable bonds is 7. The summed E-state index contributed by atoms with van der Waals surface area (Å²) in [5, 5.41) is 13.7. The lowest BCUT2D eigenvalue weighted by atomic mass is 10.1. The first-order valence-corrected chi connectivity index (χ1v) is 8.19. The lowest BCUT2D eigenvalue weighted by molar-refractivity contribution is -0.119. The predicted octanol–water partition coefficient (Wildman–Crippen LogP) is 0.659. The van der Waals surface area contributed by atoms with Crippen LogP contribution >= 0.6 is 0 Å². The molecule has 130 valence electrons. The van der Waals surface area contributed by atoms with Gasteiger partial charge < -0.3 is 16.0 Å². The third-order valence-electron chi connectivity index (χ3n) is 3.65. The van der Waals surface area contributed by atoms with Gasteiger partial charge in [0, 0.05) is 31.9 Å². The van der Waals surface area contributed by atoms with E-state index in [-0.39, 0.29) is 18.5 Å². The highest BCUT2D eigenvalue weighted by Crippen LogP contribution is 2.14. The van der Waals surface area contributed by atoms with Crippen molar-refractivity contribution in [3.8, 4) is 0 Å². The van der Waals surface area contributed by atoms with Crippen LogP contribution in [0.25, 0.3) is 0 Å². The lowest BCUT2D eigenvalue weighted by Gasteiger charge is -2.18. The number of aryl methyl sites for hydroxylation is 2. The van der Waals surface area contributed by atoms with Gasteiger partial charge in [-0.1, -0.05) is 0 Å². The number of aromatic nitrogens is 2. The van der Waals surface area contributed by atoms with Gasteiger partial charge in [-0.25, -0.2) is 4.99 Å². The topological polar surface area (TPSA) is 83.3 Å². The van der Waals surface area contributed by atoms with Crippen molar-refractivity contribution in [2.24, 2.45) is 12.0 Å². The van der Waals surface area contributed by atoms with E-state index in [4.69, 9.17) is 0 Å². The highest BCUT2D eigenvalue weighted by molar-refractivity contribution is 5.85. The van der Waals surface area contributed by atoms with Gasteiger partial charge in [-0.05, 0) is 46.6 Å². The quantitative estimate of drug-likeness (QED) is 0.509. The average Bonchev–Trinajstić information content (AvgIpc) is 2.72. The summed E-state index contributed by atoms with van der Waals surface area (Å²) >= 11 is 0. The van der Waals surface area contributed by atoms with E-state index in [2.05, 4.69) is 39.9 Å². The molecule has 0 aliphatic rings. The zero-order chi connectivity index (χ0) is 17.4. The summed E-state index contributed by atoms with van der Waals surface area (Å²) in [6.07, 6.45) is 0.858. The fourth-order valence-electron chi connectivity index (χ4n) is 2.43. The van der Waals surface area contributed by atoms with E-state index in [0.717, 1.165) is 18.7 Å². The zero-order valence-electron chi connectivity index (χ0n) is 15.2. The number of hydrogen-bond acceptors (Lipinski definition) is 3. The number of guanidine groups is 1. The monoisotopic (exact) mass is 322 g/mol. The molecule has 1 aromatic rings. The number of likely N-dealkylation sites (N-methyl/N-ethyl adjacent to an activating group) is 1. The van der Waals surface area contributed by atoms with Crippen molar-refractivity contribution >= 4 is 11.9 Å². The molecule has 0 aromatic carbocycles. The second-order valence-electron chi connectivity index (χ2n) is 5.67. The molecule has 0 bridgehead atoms. The maximum absolute atomic E-state index is 11.5. The molecule has 3 N–H and O–H groups in total. The summed E-state index contributed by atoms with van der Waals surface area (Å²) in [4.78, 5) is 15.9. The maximum Gasteiger partial charge on any atom is 0.241 e. The fourth-order valence-corrected chi connectivity index (χ4v) is 2.43. The van der Waals surface area contributed by atoms with Gasteiger partial charge in [0.2, 0.25) is 5.91 Å². The molecule has 1 heterocycles. The van der Waals surface area contributed by atoms with Gasteiger partial charge in [0.05, 0.1) is 5.69 Å². The standard InChI is InChI=1S/C16H30N6O/c1-7-17-15(23)10-19-16(18-8-2)20-11(3)9-14-12(4)21-22(6)13(14)5/h11H,7-10H2,1-6H3,(H,17,23)(H2,18,19,20). The van der Waals surface area contributed by atoms with Crippen molar-refractivity contribution in [1.82, 2.24) is 25.7 Å². The molecule has 0 spiro atoms. The normalized spacial score (nSPS) is 12.9. The Bertz CT molecular complexity index is 549. The van der Waals surface area contributed by atoms with Crippen LogP contribution in [0.15, 0.2) is 4.99 Å². The molecule has 0 radical (unpaired) electrons. The Morgan fingerprint density at radius 1 is 1.26 bits per heavy atom. The van der Waals surface area contributed by atoms with E-state index in [1.807, 2.05) is 32.5 Å². The number of nitrogens with zero attached hydrogens (tertiary/aromatic N) is 3. The highest BCUT2D eigenvalue weighted by Gasteiger charge is 2.14. The summed E-state index contributed by atoms with van der Waals surface area (Å²) in [6, 6.07) is 0.184. The average molecular weight is 322 g/mol. The van der Waals surface area contributed by atoms with Crippen LogP contribution in [0.2, 0.25) is 0 Å². The number of aliphatic imine (C=N–C) groups is 1. The summed E-state index contributed by atoms with van der Waals surface area (Å²) in [7, 11) is 1.96. The van der Waals surface area contributed by atoms with Crippen LogP contribution in [0.5, 0.6) is 0 Å². The predicted molar refractivity (Wildman–Crippen MR) is 93.6 cm³/mol. The molecule has 0 aliphatic carbocycles. The Labute approximate surface area is 138 Å². The van der Waals surface area contributed by atoms with E-state index in [1.165, 1.54) is 11.3 Å². The third kappa shape index (κ3) is 5.92. The molecule has 23 heavy (non-hydrogen) atoms. The van der Waals surface area contributed by atoms with E-state index >= 15 is 0 Å². The van der Waals surface area contributed by atoms with Crippen LogP contribution in [0.4, 0.5) is 0 Å². The van der Waals surface area contributed by atoms with Gasteiger partial charge in [-0.2, -0.15) is 5.10 Å². The molecular weight excluding hydrogens is 292 g/mol. The number of carbonyl (C=O) groups excluding carboxylic acids is 1. The first kappa shape index (κ1) is 19.0. The second-order valence-corrected chi connectivity index (χ2v) is 5.67. The molecule has 7 heteroatoms. The second kappa shape index (κ2) is 9.17. The lowest BCUT2D eigenvalue weighted by Crippen LogP contribution is -2.43. The number of carbonyl (C=O) groups is 1. The van der Waals surface area contributed by atoms with E-state index in [0.29, 0.717) is 12.5 Å². The van der Waals surface area contributed by atoms with Crippen molar-refractivity contribution in [3.63, 3.8) is 0 Å². The van der Waals surface area contributed by atoms with Gasteiger partial charge in [-0.15, -0.1) is 0 Å². The molecule has 0 saturated carbocycles. The fraction of sp³-hybridized carbons (Fsp3) is 0.688. The Hall–Kier alpha value is -2.05. The van der Waals surface area contributed by atoms with Crippen molar-refractivity contribution in [2.45, 2.75) is 47.1 Å². The third-order valence-corrected chi connectivity index (χ3v) is 3.65. The SMILES string of the molecule is CCNC(=O)CN=C(NCC)NC(C)Cc1c(C)nn(C)c1C. The Balaban J connectivity index is 2.68. The van der Waals surface area contributed by atoms with Crippen LogP contribution in [-0.4, -0.2) is 47.3 Å². The molecule has 1 aromatic heterocycles. The molecule has 1 rings (SSSR count). The molecule has 0 aliphatic heterocycles. The van der Waals surface area contributed by atoms with Gasteiger partial charge in [0.1, 0.15) is 6.54 Å². The summed E-state index contributed by atoms with van der Waals surface area (Å²) in [5.74, 6) is 0.585. The summed E-state index contributed by atoms with van der Waals surface area (Å²) < 4.78 is 1.91. The van der Waals surface area contributed by atoms with E-state index in [1.54, 1.807) is 0 Å². The van der Waals surface area contributed by atoms with Gasteiger partial charge in [0.15, 0.2) is 5.96 Å². The molecular formula is C16H30N6O. The number of hydrogen-bond donors (Lipinski definition) is 3. The van der Waals surface area contributed by atoms with Gasteiger partial charge in [-0.3, -0.25) is 9.48 Å². The minimum absolute atomic E-state index is 0.0729. The first-order valence-electron chi connectivity index (χ1n) is 8.19. The Morgan fingerprint density at radius 3 is 2.43 bits per heavy atom. The van der Waals surface area contributed by atoms with E-state index in [9.17, 15) is 4.79 Å². The summed E-state index contributed by atoms with van der Waals surface area (Å²) in [5.41, 5.74) is 3.50. The van der Waals surface area contributed by atoms with Crippen LogP contribution < -0.4 is 16.0 Å². The molecule has 0 saturated heterocycles. The van der Waals surface area contributed by atoms with Crippen LogP contribution in [-0.2, 0) is 18.3 Å². The molecule has 1 atom stereocenters. The number of nitrogens with one attached hydrogen (secondary N) is 3. The Morgan fingerprint density at radius 2 is 1.91 bits per heavy atom. The van der Waals surface area contributed by atoms with Gasteiger partial charge in [0.25, 0.3) is 0 Å². The van der Waals surface area contributed by atoms with Crippen molar-refractivity contribution in [3.05, 3.63) is 17.0 Å². The molecule has 0 fully saturated rings. The van der Waals surface area contributed by atoms with Crippen LogP contribution in [0.1, 0.15) is 37.7 Å². The first-order chi connectivity index (χ1) is 10.9. The van der Waals surface area contributed by atoms with Crippen molar-refractivity contribution in [2.75, 3.05) is 19.6 Å². The number of amides is 1. The molecule has 1 amide bonds. The van der Waals surface area contributed by atoms with Crippen molar-refractivity contribution in [1.29, 1.82) is 0 Å². The smallest absolute Gasteiger partial charge is 0.241 e. The van der Waals surface area contributed by atoms with Crippen LogP contribution in [0, 0.1) is 13.8 Å². The minimum atomic E-state index is -0.0729.